The van der Waals surface area contributed by atoms with Gasteiger partial charge >= 0.3 is 39.5 Å². The molecule has 98 heavy (non-hydrogen) atoms. The first kappa shape index (κ1) is 93.7. The summed E-state index contributed by atoms with van der Waals surface area (Å²) in [5.41, 5.74) is 0. The molecule has 0 radical (unpaired) electrons. The van der Waals surface area contributed by atoms with Gasteiger partial charge in [-0.1, -0.05) is 253 Å². The van der Waals surface area contributed by atoms with Gasteiger partial charge in [-0.3, -0.25) is 37.3 Å². The van der Waals surface area contributed by atoms with E-state index in [9.17, 15) is 43.2 Å². The Morgan fingerprint density at radius 2 is 0.561 bits per heavy atom. The average Bonchev–Trinajstić information content (AvgIpc) is 1.05. The molecule has 0 aromatic carbocycles. The first-order chi connectivity index (χ1) is 47.7. The lowest BCUT2D eigenvalue weighted by molar-refractivity contribution is -0.161. The number of aliphatic hydroxyl groups excluding tert-OH is 1. The molecule has 0 saturated heterocycles. The predicted molar refractivity (Wildman–Crippen MR) is 399 cm³/mol. The van der Waals surface area contributed by atoms with Gasteiger partial charge in [-0.2, -0.15) is 0 Å². The molecule has 5 unspecified atom stereocenters. The number of aliphatic hydroxyl groups is 1. The molecule has 0 bridgehead atoms. The van der Waals surface area contributed by atoms with Crippen molar-refractivity contribution in [3.63, 3.8) is 0 Å². The van der Waals surface area contributed by atoms with E-state index in [2.05, 4.69) is 125 Å². The maximum atomic E-state index is 13.1. The Kier molecular flexibility index (Phi) is 68.0. The zero-order valence-electron chi connectivity index (χ0n) is 61.4. The van der Waals surface area contributed by atoms with Crippen LogP contribution in [0.25, 0.3) is 0 Å². The molecule has 0 aromatic heterocycles. The van der Waals surface area contributed by atoms with Gasteiger partial charge in [0.15, 0.2) is 12.2 Å². The standard InChI is InChI=1S/C79H136O17P2/c1-5-9-13-17-21-25-29-33-35-36-38-41-44-48-52-56-60-64-77(82)90-70-75(96-79(84)66-62-58-54-50-46-42-37-34-30-26-22-18-14-10-6-2)72-94-98(87,88)92-68-73(80)67-91-97(85,86)93-71-74(95-78(83)65-61-57-53-49-45-40-32-28-24-20-16-12-8-4)69-89-76(81)63-59-55-51-47-43-39-31-27-23-19-15-11-7-3/h9,13,15,19,21,25,27-28,31-35,37-38,41,48,52,73-75,80H,5-8,10-12,14,16-18,20,22-24,26,29-30,36,39-40,42-47,49-51,53-72H2,1-4H3,(H,85,86)(H,87,88)/b13-9-,19-15-,25-21-,31-27-,32-28-,35-33-,37-34-,41-38-,52-48-. The van der Waals surface area contributed by atoms with Crippen LogP contribution in [0.2, 0.25) is 0 Å². The number of hydrogen-bond acceptors (Lipinski definition) is 15. The van der Waals surface area contributed by atoms with E-state index in [4.69, 9.17) is 37.0 Å². The molecule has 0 fully saturated rings. The number of phosphoric acid groups is 2. The van der Waals surface area contributed by atoms with Gasteiger partial charge in [0, 0.05) is 25.7 Å². The lowest BCUT2D eigenvalue weighted by Crippen LogP contribution is -2.30. The quantitative estimate of drug-likeness (QED) is 0.0169. The molecule has 0 aliphatic heterocycles. The first-order valence-corrected chi connectivity index (χ1v) is 41.1. The number of carbonyl (C=O) groups excluding carboxylic acids is 4. The van der Waals surface area contributed by atoms with Gasteiger partial charge in [0.1, 0.15) is 19.3 Å². The normalized spacial score (nSPS) is 14.6. The van der Waals surface area contributed by atoms with Crippen molar-refractivity contribution in [2.75, 3.05) is 39.6 Å². The number of carbonyl (C=O) groups is 4. The van der Waals surface area contributed by atoms with Crippen LogP contribution >= 0.6 is 15.6 Å². The van der Waals surface area contributed by atoms with Crippen LogP contribution < -0.4 is 0 Å². The SMILES string of the molecule is CC/C=C\C/C=C\C/C=C\C/C=C\C/C=C\CCCC(=O)OCC(COP(=O)(O)OCC(O)COP(=O)(O)OCC(COC(=O)CCCCCCC/C=C\C/C=C\CCC)OC(=O)CCCCCCC/C=C\CCCCCC)OC(=O)CCCCCCC/C=C\CCCCCCCC. The Hall–Kier alpha value is -4.28. The smallest absolute Gasteiger partial charge is 0.462 e. The summed E-state index contributed by atoms with van der Waals surface area (Å²) in [7, 11) is -9.97. The van der Waals surface area contributed by atoms with Crippen LogP contribution in [0.1, 0.15) is 310 Å². The molecule has 0 spiro atoms. The lowest BCUT2D eigenvalue weighted by atomic mass is 10.1. The third-order valence-electron chi connectivity index (χ3n) is 15.7. The van der Waals surface area contributed by atoms with E-state index in [1.54, 1.807) is 0 Å². The van der Waals surface area contributed by atoms with Crippen molar-refractivity contribution in [2.45, 2.75) is 329 Å². The fourth-order valence-corrected chi connectivity index (χ4v) is 11.4. The molecule has 5 atom stereocenters. The Balaban J connectivity index is 5.41. The molecule has 0 amide bonds. The predicted octanol–water partition coefficient (Wildman–Crippen LogP) is 21.8. The molecule has 0 heterocycles. The molecule has 3 N–H and O–H groups in total. The minimum Gasteiger partial charge on any atom is -0.462 e. The van der Waals surface area contributed by atoms with Crippen molar-refractivity contribution < 1.29 is 80.2 Å². The third kappa shape index (κ3) is 70.2. The van der Waals surface area contributed by atoms with Gasteiger partial charge < -0.3 is 33.8 Å². The number of unbranched alkanes of at least 4 members (excludes halogenated alkanes) is 27. The zero-order valence-corrected chi connectivity index (χ0v) is 63.2. The number of rotatable bonds is 71. The molecule has 0 aliphatic carbocycles. The minimum absolute atomic E-state index is 0.0717. The highest BCUT2D eigenvalue weighted by Gasteiger charge is 2.30. The van der Waals surface area contributed by atoms with Gasteiger partial charge in [0.25, 0.3) is 0 Å². The Morgan fingerprint density at radius 3 is 0.918 bits per heavy atom. The summed E-state index contributed by atoms with van der Waals surface area (Å²) >= 11 is 0. The van der Waals surface area contributed by atoms with Crippen molar-refractivity contribution in [3.8, 4) is 0 Å². The topological polar surface area (TPSA) is 237 Å². The largest absolute Gasteiger partial charge is 0.472 e. The maximum absolute atomic E-state index is 13.1. The molecular weight excluding hydrogens is 1280 g/mol. The number of phosphoric ester groups is 2. The van der Waals surface area contributed by atoms with E-state index in [0.29, 0.717) is 32.1 Å². The van der Waals surface area contributed by atoms with Crippen LogP contribution in [-0.2, 0) is 65.4 Å². The minimum atomic E-state index is -4.99. The molecule has 564 valence electrons. The Morgan fingerprint density at radius 1 is 0.296 bits per heavy atom. The molecule has 0 saturated carbocycles. The Labute approximate surface area is 594 Å². The van der Waals surface area contributed by atoms with E-state index in [-0.39, 0.29) is 25.7 Å². The van der Waals surface area contributed by atoms with Crippen LogP contribution in [-0.4, -0.2) is 96.7 Å². The second kappa shape index (κ2) is 71.1. The summed E-state index contributed by atoms with van der Waals surface area (Å²) in [6.07, 6.45) is 75.2. The number of allylic oxidation sites excluding steroid dienone is 18. The van der Waals surface area contributed by atoms with Crippen molar-refractivity contribution in [3.05, 3.63) is 109 Å². The fraction of sp³-hybridized carbons (Fsp3) is 0.722. The molecular formula is C79H136O17P2. The van der Waals surface area contributed by atoms with E-state index in [0.717, 1.165) is 161 Å². The fourth-order valence-electron chi connectivity index (χ4n) is 9.87. The van der Waals surface area contributed by atoms with Crippen LogP contribution in [0.5, 0.6) is 0 Å². The van der Waals surface area contributed by atoms with E-state index >= 15 is 0 Å². The number of ether oxygens (including phenoxy) is 4. The maximum Gasteiger partial charge on any atom is 0.472 e. The molecule has 19 heteroatoms. The van der Waals surface area contributed by atoms with Gasteiger partial charge in [-0.25, -0.2) is 9.13 Å². The summed E-state index contributed by atoms with van der Waals surface area (Å²) in [5, 5.41) is 10.6. The third-order valence-corrected chi connectivity index (χ3v) is 17.6. The van der Waals surface area contributed by atoms with Gasteiger partial charge in [0.05, 0.1) is 26.4 Å². The summed E-state index contributed by atoms with van der Waals surface area (Å²) in [6.45, 7) is 4.58. The van der Waals surface area contributed by atoms with Crippen LogP contribution in [0, 0.1) is 0 Å². The van der Waals surface area contributed by atoms with E-state index in [1.165, 1.54) is 64.2 Å². The highest BCUT2D eigenvalue weighted by molar-refractivity contribution is 7.47. The second-order valence-corrected chi connectivity index (χ2v) is 28.1. The van der Waals surface area contributed by atoms with Crippen LogP contribution in [0.4, 0.5) is 0 Å². The average molecular weight is 1420 g/mol. The van der Waals surface area contributed by atoms with E-state index in [1.807, 2.05) is 12.2 Å². The molecule has 17 nitrogen and oxygen atoms in total. The monoisotopic (exact) mass is 1420 g/mol. The summed E-state index contributed by atoms with van der Waals surface area (Å²) in [6, 6.07) is 0. The summed E-state index contributed by atoms with van der Waals surface area (Å²) in [5.74, 6) is -2.27. The van der Waals surface area contributed by atoms with Crippen molar-refractivity contribution in [1.82, 2.24) is 0 Å². The molecule has 0 rings (SSSR count). The van der Waals surface area contributed by atoms with Gasteiger partial charge in [-0.15, -0.1) is 0 Å². The summed E-state index contributed by atoms with van der Waals surface area (Å²) in [4.78, 5) is 72.8. The summed E-state index contributed by atoms with van der Waals surface area (Å²) < 4.78 is 68.4. The van der Waals surface area contributed by atoms with Crippen molar-refractivity contribution >= 4 is 39.5 Å². The van der Waals surface area contributed by atoms with Crippen LogP contribution in [0.15, 0.2) is 109 Å². The van der Waals surface area contributed by atoms with Gasteiger partial charge in [-0.05, 0) is 141 Å². The second-order valence-electron chi connectivity index (χ2n) is 25.2. The van der Waals surface area contributed by atoms with E-state index < -0.39 is 97.5 Å². The molecule has 0 aliphatic rings. The highest BCUT2D eigenvalue weighted by Crippen LogP contribution is 2.45. The van der Waals surface area contributed by atoms with Gasteiger partial charge in [0.2, 0.25) is 0 Å². The number of hydrogen-bond donors (Lipinski definition) is 3. The van der Waals surface area contributed by atoms with Crippen molar-refractivity contribution in [1.29, 1.82) is 0 Å². The van der Waals surface area contributed by atoms with Crippen LogP contribution in [0.3, 0.4) is 0 Å². The van der Waals surface area contributed by atoms with Crippen molar-refractivity contribution in [2.24, 2.45) is 0 Å². The molecule has 0 aromatic rings. The Bertz CT molecular complexity index is 2290. The lowest BCUT2D eigenvalue weighted by Gasteiger charge is -2.21. The first-order valence-electron chi connectivity index (χ1n) is 38.1. The zero-order chi connectivity index (χ0) is 71.8. The highest BCUT2D eigenvalue weighted by atomic mass is 31.2. The number of esters is 4.